The molecular formula is C19H20N6. The Kier molecular flexibility index (Phi) is 3.60. The van der Waals surface area contributed by atoms with Crippen LogP contribution in [-0.2, 0) is 12.1 Å². The van der Waals surface area contributed by atoms with Gasteiger partial charge in [0.15, 0.2) is 5.65 Å². The maximum absolute atomic E-state index is 4.50. The molecule has 0 spiro atoms. The first kappa shape index (κ1) is 15.5. The fourth-order valence-electron chi connectivity index (χ4n) is 2.96. The van der Waals surface area contributed by atoms with Crippen molar-refractivity contribution in [3.05, 3.63) is 54.6 Å². The Bertz CT molecular complexity index is 1040. The summed E-state index contributed by atoms with van der Waals surface area (Å²) in [6.07, 6.45) is 5.25. The molecule has 0 saturated carbocycles. The Balaban J connectivity index is 1.68. The Labute approximate surface area is 145 Å². The molecule has 0 radical (unpaired) electrons. The minimum Gasteiger partial charge on any atom is -0.365 e. The van der Waals surface area contributed by atoms with Crippen LogP contribution in [0.1, 0.15) is 26.3 Å². The van der Waals surface area contributed by atoms with Crippen LogP contribution in [0.3, 0.4) is 0 Å². The average Bonchev–Trinajstić information content (AvgIpc) is 3.05. The van der Waals surface area contributed by atoms with Gasteiger partial charge >= 0.3 is 0 Å². The molecule has 3 aromatic heterocycles. The number of aromatic nitrogens is 5. The quantitative estimate of drug-likeness (QED) is 0.619. The number of pyridine rings is 1. The first-order valence-corrected chi connectivity index (χ1v) is 8.30. The molecule has 0 aliphatic carbocycles. The summed E-state index contributed by atoms with van der Waals surface area (Å²) in [7, 11) is 0. The predicted octanol–water partition coefficient (Wildman–Crippen LogP) is 3.74. The van der Waals surface area contributed by atoms with Crippen LogP contribution in [0.25, 0.3) is 21.9 Å². The zero-order valence-corrected chi connectivity index (χ0v) is 14.6. The molecule has 1 aromatic carbocycles. The molecule has 0 aliphatic rings. The molecule has 3 heterocycles. The van der Waals surface area contributed by atoms with Gasteiger partial charge in [-0.15, -0.1) is 0 Å². The minimum atomic E-state index is -0.130. The van der Waals surface area contributed by atoms with Crippen molar-refractivity contribution >= 4 is 27.8 Å². The van der Waals surface area contributed by atoms with Crippen LogP contribution in [0.5, 0.6) is 0 Å². The molecule has 0 atom stereocenters. The smallest absolute Gasteiger partial charge is 0.163 e. The highest BCUT2D eigenvalue weighted by molar-refractivity contribution is 5.87. The van der Waals surface area contributed by atoms with E-state index in [4.69, 9.17) is 0 Å². The van der Waals surface area contributed by atoms with Crippen LogP contribution in [0, 0.1) is 0 Å². The molecule has 25 heavy (non-hydrogen) atoms. The molecule has 0 unspecified atom stereocenters. The average molecular weight is 332 g/mol. The topological polar surface area (TPSA) is 68.5 Å². The first-order valence-electron chi connectivity index (χ1n) is 8.30. The van der Waals surface area contributed by atoms with Gasteiger partial charge in [0, 0.05) is 18.1 Å². The highest BCUT2D eigenvalue weighted by Crippen LogP contribution is 2.25. The fourth-order valence-corrected chi connectivity index (χ4v) is 2.96. The summed E-state index contributed by atoms with van der Waals surface area (Å²) in [6.45, 7) is 6.99. The van der Waals surface area contributed by atoms with Crippen LogP contribution in [0.15, 0.2) is 49.1 Å². The monoisotopic (exact) mass is 332 g/mol. The van der Waals surface area contributed by atoms with E-state index in [-0.39, 0.29) is 5.54 Å². The molecule has 126 valence electrons. The lowest BCUT2D eigenvalue weighted by atomic mass is 10.1. The van der Waals surface area contributed by atoms with Crippen molar-refractivity contribution in [2.45, 2.75) is 32.9 Å². The van der Waals surface area contributed by atoms with E-state index in [9.17, 15) is 0 Å². The van der Waals surface area contributed by atoms with Crippen LogP contribution in [-0.4, -0.2) is 24.7 Å². The molecule has 4 aromatic rings. The molecular weight excluding hydrogens is 312 g/mol. The second-order valence-electron chi connectivity index (χ2n) is 7.03. The lowest BCUT2D eigenvalue weighted by molar-refractivity contribution is 0.366. The van der Waals surface area contributed by atoms with Gasteiger partial charge < -0.3 is 5.32 Å². The normalized spacial score (nSPS) is 12.0. The standard InChI is InChI=1S/C19H20N6/c1-19(2,3)25-18-15(11-24-25)17(22-12-23-18)21-10-13-8-9-20-16-7-5-4-6-14(13)16/h4-9,11-12H,10H2,1-3H3,(H,21,22,23). The molecule has 0 fully saturated rings. The molecule has 6 heteroatoms. The summed E-state index contributed by atoms with van der Waals surface area (Å²) in [5, 5.41) is 10.00. The maximum Gasteiger partial charge on any atom is 0.163 e. The van der Waals surface area contributed by atoms with E-state index >= 15 is 0 Å². The van der Waals surface area contributed by atoms with Crippen molar-refractivity contribution in [3.8, 4) is 0 Å². The second-order valence-corrected chi connectivity index (χ2v) is 7.03. The molecule has 6 nitrogen and oxygen atoms in total. The van der Waals surface area contributed by atoms with Crippen LogP contribution < -0.4 is 5.32 Å². The van der Waals surface area contributed by atoms with Gasteiger partial charge in [-0.25, -0.2) is 14.6 Å². The van der Waals surface area contributed by atoms with E-state index < -0.39 is 0 Å². The minimum absolute atomic E-state index is 0.130. The van der Waals surface area contributed by atoms with Crippen molar-refractivity contribution in [2.24, 2.45) is 0 Å². The van der Waals surface area contributed by atoms with E-state index in [1.807, 2.05) is 41.3 Å². The number of nitrogens with zero attached hydrogens (tertiary/aromatic N) is 5. The van der Waals surface area contributed by atoms with Crippen molar-refractivity contribution < 1.29 is 0 Å². The third kappa shape index (κ3) is 2.80. The Morgan fingerprint density at radius 1 is 1.00 bits per heavy atom. The summed E-state index contributed by atoms with van der Waals surface area (Å²) in [4.78, 5) is 13.2. The zero-order chi connectivity index (χ0) is 17.4. The summed E-state index contributed by atoms with van der Waals surface area (Å²) in [6, 6.07) is 10.2. The SMILES string of the molecule is CC(C)(C)n1ncc2c(NCc3ccnc4ccccc34)ncnc21. The number of rotatable bonds is 3. The molecule has 0 bridgehead atoms. The van der Waals surface area contributed by atoms with Gasteiger partial charge in [0.25, 0.3) is 0 Å². The van der Waals surface area contributed by atoms with Gasteiger partial charge in [-0.3, -0.25) is 4.98 Å². The maximum atomic E-state index is 4.50. The van der Waals surface area contributed by atoms with E-state index in [1.54, 1.807) is 6.33 Å². The highest BCUT2D eigenvalue weighted by Gasteiger charge is 2.19. The molecule has 4 rings (SSSR count). The molecule has 0 saturated heterocycles. The second kappa shape index (κ2) is 5.81. The first-order chi connectivity index (χ1) is 12.0. The Hall–Kier alpha value is -3.02. The van der Waals surface area contributed by atoms with E-state index in [2.05, 4.69) is 52.2 Å². The third-order valence-electron chi connectivity index (χ3n) is 4.19. The Morgan fingerprint density at radius 2 is 1.84 bits per heavy atom. The molecule has 1 N–H and O–H groups in total. The fraction of sp³-hybridized carbons (Fsp3) is 0.263. The van der Waals surface area contributed by atoms with Gasteiger partial charge in [-0.2, -0.15) is 5.10 Å². The summed E-state index contributed by atoms with van der Waals surface area (Å²) < 4.78 is 1.93. The van der Waals surface area contributed by atoms with E-state index in [0.29, 0.717) is 6.54 Å². The number of para-hydroxylation sites is 1. The van der Waals surface area contributed by atoms with Crippen molar-refractivity contribution in [1.29, 1.82) is 0 Å². The van der Waals surface area contributed by atoms with Crippen molar-refractivity contribution in [2.75, 3.05) is 5.32 Å². The number of hydrogen-bond donors (Lipinski definition) is 1. The zero-order valence-electron chi connectivity index (χ0n) is 14.6. The predicted molar refractivity (Wildman–Crippen MR) is 99.4 cm³/mol. The van der Waals surface area contributed by atoms with Gasteiger partial charge in [-0.1, -0.05) is 18.2 Å². The number of benzene rings is 1. The third-order valence-corrected chi connectivity index (χ3v) is 4.19. The molecule has 0 amide bonds. The van der Waals surface area contributed by atoms with Gasteiger partial charge in [0.05, 0.1) is 22.6 Å². The summed E-state index contributed by atoms with van der Waals surface area (Å²) >= 11 is 0. The van der Waals surface area contributed by atoms with Crippen molar-refractivity contribution in [1.82, 2.24) is 24.7 Å². The van der Waals surface area contributed by atoms with Crippen LogP contribution in [0.4, 0.5) is 5.82 Å². The highest BCUT2D eigenvalue weighted by atomic mass is 15.3. The van der Waals surface area contributed by atoms with E-state index in [0.717, 1.165) is 27.8 Å². The number of fused-ring (bicyclic) bond motifs is 2. The van der Waals surface area contributed by atoms with E-state index in [1.165, 1.54) is 5.56 Å². The lowest BCUT2D eigenvalue weighted by Gasteiger charge is -2.19. The lowest BCUT2D eigenvalue weighted by Crippen LogP contribution is -2.23. The number of anilines is 1. The van der Waals surface area contributed by atoms with Gasteiger partial charge in [0.1, 0.15) is 12.1 Å². The van der Waals surface area contributed by atoms with Crippen LogP contribution >= 0.6 is 0 Å². The molecule has 0 aliphatic heterocycles. The number of nitrogens with one attached hydrogen (secondary N) is 1. The van der Waals surface area contributed by atoms with Crippen molar-refractivity contribution in [3.63, 3.8) is 0 Å². The largest absolute Gasteiger partial charge is 0.365 e. The Morgan fingerprint density at radius 3 is 2.68 bits per heavy atom. The van der Waals surface area contributed by atoms with Gasteiger partial charge in [-0.05, 0) is 38.5 Å². The van der Waals surface area contributed by atoms with Gasteiger partial charge in [0.2, 0.25) is 0 Å². The summed E-state index contributed by atoms with van der Waals surface area (Å²) in [5.41, 5.74) is 2.88. The summed E-state index contributed by atoms with van der Waals surface area (Å²) in [5.74, 6) is 0.793. The van der Waals surface area contributed by atoms with Crippen LogP contribution in [0.2, 0.25) is 0 Å². The number of hydrogen-bond acceptors (Lipinski definition) is 5.